The van der Waals surface area contributed by atoms with Crippen molar-refractivity contribution >= 4 is 14.6 Å². The fourth-order valence-electron chi connectivity index (χ4n) is 0.160. The van der Waals surface area contributed by atoms with Crippen molar-refractivity contribution in [2.24, 2.45) is 0 Å². The van der Waals surface area contributed by atoms with Crippen molar-refractivity contribution in [3.8, 4) is 0 Å². The van der Waals surface area contributed by atoms with Crippen LogP contribution in [0.15, 0.2) is 0 Å². The first-order valence-corrected chi connectivity index (χ1v) is 2.23. The Morgan fingerprint density at radius 1 is 1.88 bits per heavy atom. The van der Waals surface area contributed by atoms with Gasteiger partial charge in [-0.15, -0.1) is 0 Å². The van der Waals surface area contributed by atoms with E-state index in [1.165, 1.54) is 0 Å². The molecular weight excluding hydrogens is 110 g/mol. The summed E-state index contributed by atoms with van der Waals surface area (Å²) in [5.74, 6) is 0. The molecule has 0 aromatic carbocycles. The van der Waals surface area contributed by atoms with Crippen LogP contribution in [0, 0.1) is 0 Å². The van der Waals surface area contributed by atoms with Gasteiger partial charge < -0.3 is 0 Å². The van der Waals surface area contributed by atoms with Crippen LogP contribution in [0.25, 0.3) is 0 Å². The Kier molecular flexibility index (Phi) is 4.84. The summed E-state index contributed by atoms with van der Waals surface area (Å²) >= 11 is 0. The van der Waals surface area contributed by atoms with Crippen molar-refractivity contribution in [1.29, 1.82) is 0 Å². The van der Waals surface area contributed by atoms with Crippen LogP contribution >= 0.6 is 0 Å². The average molecular weight is 116 g/mol. The molecule has 6 heteroatoms. The number of aliphatic hydroxyl groups excluding tert-OH is 1. The van der Waals surface area contributed by atoms with Crippen LogP contribution < -0.4 is 0 Å². The van der Waals surface area contributed by atoms with E-state index in [9.17, 15) is 4.70 Å². The minimum atomic E-state index is -1.45. The predicted molar refractivity (Wildman–Crippen MR) is 27.6 cm³/mol. The summed E-state index contributed by atoms with van der Waals surface area (Å²) < 4.78 is 9.56. The summed E-state index contributed by atoms with van der Waals surface area (Å²) in [5.41, 5.74) is 0. The van der Waals surface area contributed by atoms with Gasteiger partial charge in [0.1, 0.15) is 0 Å². The van der Waals surface area contributed by atoms with Crippen LogP contribution in [-0.4, -0.2) is 25.9 Å². The molecule has 0 aromatic heterocycles. The second-order valence-corrected chi connectivity index (χ2v) is 1.03. The molecule has 1 unspecified atom stereocenters. The maximum absolute atomic E-state index is 9.56. The van der Waals surface area contributed by atoms with Crippen LogP contribution in [-0.2, 0) is 14.4 Å². The molecule has 0 aliphatic carbocycles. The molecule has 0 aliphatic rings. The molecule has 0 fully saturated rings. The van der Waals surface area contributed by atoms with Crippen molar-refractivity contribution in [1.82, 2.24) is 0 Å². The minimum absolute atomic E-state index is 0.232. The molecule has 0 bridgehead atoms. The third-order valence-corrected chi connectivity index (χ3v) is 0.401. The molecule has 44 valence electrons. The predicted octanol–water partition coefficient (Wildman–Crippen LogP) is -1.34. The van der Waals surface area contributed by atoms with Gasteiger partial charge >= 0.3 is 47.1 Å². The van der Waals surface area contributed by atoms with Crippen molar-refractivity contribution in [3.63, 3.8) is 0 Å². The van der Waals surface area contributed by atoms with E-state index in [4.69, 9.17) is 5.11 Å². The van der Waals surface area contributed by atoms with Gasteiger partial charge in [-0.3, -0.25) is 0 Å². The summed E-state index contributed by atoms with van der Waals surface area (Å²) in [6.45, 7) is 1.68. The second-order valence-electron chi connectivity index (χ2n) is 1.03. The molecule has 1 N–H and O–H groups in total. The summed E-state index contributed by atoms with van der Waals surface area (Å²) in [7, 11) is 0.542. The fourth-order valence-corrected chi connectivity index (χ4v) is 0.160. The standard InChI is InChI=1S/C2H6B2O4/c1-3-8-7-2(5)4-6/h2-3,5H,1H3. The van der Waals surface area contributed by atoms with Crippen molar-refractivity contribution in [3.05, 3.63) is 0 Å². The molecule has 0 radical (unpaired) electrons. The molecule has 4 nitrogen and oxygen atoms in total. The Morgan fingerprint density at radius 3 is 2.88 bits per heavy atom. The molecule has 0 spiro atoms. The van der Waals surface area contributed by atoms with E-state index < -0.39 is 6.19 Å². The van der Waals surface area contributed by atoms with Gasteiger partial charge in [-0.25, -0.2) is 0 Å². The molecule has 8 heavy (non-hydrogen) atoms. The zero-order valence-corrected chi connectivity index (χ0v) is 4.53. The second kappa shape index (κ2) is 4.96. The van der Waals surface area contributed by atoms with Crippen LogP contribution in [0.4, 0.5) is 0 Å². The van der Waals surface area contributed by atoms with Crippen molar-refractivity contribution in [2.45, 2.75) is 13.0 Å². The molecular formula is C2H6B2O4. The molecule has 0 amide bonds. The van der Waals surface area contributed by atoms with E-state index in [0.29, 0.717) is 7.48 Å². The fraction of sp³-hybridized carbons (Fsp3) is 1.00. The van der Waals surface area contributed by atoms with Gasteiger partial charge in [0, 0.05) is 0 Å². The first-order valence-electron chi connectivity index (χ1n) is 2.23. The molecule has 0 rings (SSSR count). The van der Waals surface area contributed by atoms with E-state index in [1.54, 1.807) is 6.82 Å². The molecule has 0 aromatic rings. The van der Waals surface area contributed by atoms with Crippen LogP contribution in [0.1, 0.15) is 0 Å². The molecule has 0 saturated heterocycles. The van der Waals surface area contributed by atoms with Gasteiger partial charge in [0.15, 0.2) is 0 Å². The van der Waals surface area contributed by atoms with Gasteiger partial charge in [0.05, 0.1) is 0 Å². The Balaban J connectivity index is 2.98. The zero-order chi connectivity index (χ0) is 6.41. The SMILES string of the molecule is CBOOC(O)B=O. The molecule has 0 saturated carbocycles. The summed E-state index contributed by atoms with van der Waals surface area (Å²) in [5, 5.41) is 8.27. The number of hydrogen-bond donors (Lipinski definition) is 1. The third-order valence-electron chi connectivity index (χ3n) is 0.401. The monoisotopic (exact) mass is 116 g/mol. The van der Waals surface area contributed by atoms with Gasteiger partial charge in [-0.2, -0.15) is 0 Å². The Bertz CT molecular complexity index is 67.1. The zero-order valence-electron chi connectivity index (χ0n) is 4.53. The van der Waals surface area contributed by atoms with Crippen LogP contribution in [0.5, 0.6) is 0 Å². The van der Waals surface area contributed by atoms with Gasteiger partial charge in [-0.05, 0) is 0 Å². The first kappa shape index (κ1) is 7.81. The normalized spacial score (nSPS) is 12.2. The Labute approximate surface area is 48.2 Å². The molecule has 0 heterocycles. The van der Waals surface area contributed by atoms with Crippen molar-refractivity contribution in [2.75, 3.05) is 0 Å². The average Bonchev–Trinajstić information content (AvgIpc) is 1.83. The topological polar surface area (TPSA) is 55.8 Å². The summed E-state index contributed by atoms with van der Waals surface area (Å²) in [4.78, 5) is 8.23. The number of aliphatic hydroxyl groups is 1. The summed E-state index contributed by atoms with van der Waals surface area (Å²) in [6, 6.07) is 0. The third kappa shape index (κ3) is 3.98. The first-order chi connectivity index (χ1) is 3.81. The van der Waals surface area contributed by atoms with E-state index in [0.717, 1.165) is 0 Å². The Hall–Kier alpha value is -0.190. The van der Waals surface area contributed by atoms with E-state index >= 15 is 0 Å². The van der Waals surface area contributed by atoms with Gasteiger partial charge in [0.25, 0.3) is 0 Å². The van der Waals surface area contributed by atoms with Gasteiger partial charge in [-0.1, -0.05) is 0 Å². The van der Waals surface area contributed by atoms with E-state index in [1.807, 2.05) is 0 Å². The Morgan fingerprint density at radius 2 is 2.50 bits per heavy atom. The molecule has 0 aliphatic heterocycles. The van der Waals surface area contributed by atoms with Crippen molar-refractivity contribution < 1.29 is 19.5 Å². The maximum atomic E-state index is 9.56. The van der Waals surface area contributed by atoms with Gasteiger partial charge in [0.2, 0.25) is 0 Å². The van der Waals surface area contributed by atoms with E-state index in [-0.39, 0.29) is 7.15 Å². The molecule has 1 atom stereocenters. The summed E-state index contributed by atoms with van der Waals surface area (Å²) in [6.07, 6.45) is -1.45. The van der Waals surface area contributed by atoms with Crippen LogP contribution in [0.3, 0.4) is 0 Å². The van der Waals surface area contributed by atoms with Crippen LogP contribution in [0.2, 0.25) is 6.82 Å². The van der Waals surface area contributed by atoms with E-state index in [2.05, 4.69) is 9.69 Å². The quantitative estimate of drug-likeness (QED) is 0.213. The number of rotatable bonds is 4. The number of hydrogen-bond acceptors (Lipinski definition) is 4.